The highest BCUT2D eigenvalue weighted by atomic mass is 16.4. The van der Waals surface area contributed by atoms with Gasteiger partial charge in [-0.2, -0.15) is 0 Å². The molecule has 188 valence electrons. The predicted octanol–water partition coefficient (Wildman–Crippen LogP) is 2.63. The monoisotopic (exact) mass is 486 g/mol. The number of fused-ring (bicyclic) bond motifs is 1. The smallest absolute Gasteiger partial charge is 0.147 e. The molecule has 1 saturated heterocycles. The zero-order chi connectivity index (χ0) is 25.2. The summed E-state index contributed by atoms with van der Waals surface area (Å²) in [5, 5.41) is 10.2. The fourth-order valence-electron chi connectivity index (χ4n) is 4.87. The SMILES string of the molecule is C=N/C(=C(\NCCN1CCN(c2cnccn2)CC1)c1ccncc1)c1ccc2c(c1)CCC2.NO. The number of benzene rings is 1. The van der Waals surface area contributed by atoms with Crippen molar-refractivity contribution in [3.05, 3.63) is 83.6 Å². The van der Waals surface area contributed by atoms with Gasteiger partial charge in [0.05, 0.1) is 17.6 Å². The minimum Gasteiger partial charge on any atom is -0.382 e. The van der Waals surface area contributed by atoms with Gasteiger partial charge in [0.25, 0.3) is 0 Å². The third-order valence-corrected chi connectivity index (χ3v) is 6.71. The van der Waals surface area contributed by atoms with Crippen LogP contribution in [0.25, 0.3) is 11.4 Å². The molecule has 9 nitrogen and oxygen atoms in total. The van der Waals surface area contributed by atoms with Gasteiger partial charge in [-0.15, -0.1) is 0 Å². The predicted molar refractivity (Wildman–Crippen MR) is 144 cm³/mol. The molecule has 0 unspecified atom stereocenters. The van der Waals surface area contributed by atoms with Crippen molar-refractivity contribution in [3.8, 4) is 0 Å². The molecule has 5 rings (SSSR count). The highest BCUT2D eigenvalue weighted by Gasteiger charge is 2.19. The summed E-state index contributed by atoms with van der Waals surface area (Å²) < 4.78 is 0. The van der Waals surface area contributed by atoms with E-state index in [1.807, 2.05) is 30.7 Å². The normalized spacial score (nSPS) is 15.9. The van der Waals surface area contributed by atoms with Crippen LogP contribution >= 0.6 is 0 Å². The third kappa shape index (κ3) is 6.12. The number of pyridine rings is 1. The molecule has 0 bridgehead atoms. The first-order valence-electron chi connectivity index (χ1n) is 12.3. The summed E-state index contributed by atoms with van der Waals surface area (Å²) in [6.07, 6.45) is 12.5. The number of aryl methyl sites for hydroxylation is 2. The summed E-state index contributed by atoms with van der Waals surface area (Å²) in [5.41, 5.74) is 7.00. The van der Waals surface area contributed by atoms with Gasteiger partial charge in [0.2, 0.25) is 0 Å². The van der Waals surface area contributed by atoms with Crippen LogP contribution in [0.3, 0.4) is 0 Å². The largest absolute Gasteiger partial charge is 0.382 e. The molecular weight excluding hydrogens is 452 g/mol. The first kappa shape index (κ1) is 25.4. The number of aliphatic imine (C=N–C) groups is 1. The van der Waals surface area contributed by atoms with Crippen molar-refractivity contribution in [2.24, 2.45) is 10.9 Å². The Morgan fingerprint density at radius 2 is 1.72 bits per heavy atom. The van der Waals surface area contributed by atoms with Crippen LogP contribution in [0, 0.1) is 0 Å². The lowest BCUT2D eigenvalue weighted by Gasteiger charge is -2.35. The first-order chi connectivity index (χ1) is 17.8. The Balaban J connectivity index is 0.00000148. The zero-order valence-electron chi connectivity index (χ0n) is 20.6. The van der Waals surface area contributed by atoms with E-state index in [4.69, 9.17) is 5.21 Å². The molecule has 36 heavy (non-hydrogen) atoms. The van der Waals surface area contributed by atoms with Crippen molar-refractivity contribution >= 4 is 23.9 Å². The molecule has 1 aromatic carbocycles. The van der Waals surface area contributed by atoms with Gasteiger partial charge in [0.1, 0.15) is 5.82 Å². The molecule has 3 aromatic rings. The van der Waals surface area contributed by atoms with Crippen LogP contribution in [0.4, 0.5) is 5.82 Å². The number of rotatable bonds is 8. The number of anilines is 1. The van der Waals surface area contributed by atoms with E-state index < -0.39 is 0 Å². The molecule has 0 saturated carbocycles. The summed E-state index contributed by atoms with van der Waals surface area (Å²) in [4.78, 5) is 22.1. The number of aromatic nitrogens is 3. The number of nitrogens with zero attached hydrogens (tertiary/aromatic N) is 6. The molecule has 4 N–H and O–H groups in total. The molecular formula is C27H34N8O. The van der Waals surface area contributed by atoms with Crippen molar-refractivity contribution in [2.45, 2.75) is 19.3 Å². The van der Waals surface area contributed by atoms with Crippen LogP contribution in [-0.4, -0.2) is 71.0 Å². The zero-order valence-corrected chi connectivity index (χ0v) is 20.6. The van der Waals surface area contributed by atoms with Crippen LogP contribution in [0.15, 0.2) is 66.3 Å². The standard InChI is InChI=1S/C27H31N7.H3NO/c1-28-26(24-6-5-21-3-2-4-23(21)19-24)27(22-7-9-29-10-8-22)32-13-14-33-15-17-34(18-16-33)25-20-30-11-12-31-25;1-2/h5-12,19-20,32H,1-4,13-18H2;2H,1H2/b27-26-;. The van der Waals surface area contributed by atoms with Gasteiger partial charge in [0.15, 0.2) is 0 Å². The Hall–Kier alpha value is -3.66. The average molecular weight is 487 g/mol. The van der Waals surface area contributed by atoms with Crippen molar-refractivity contribution in [1.29, 1.82) is 0 Å². The Morgan fingerprint density at radius 3 is 2.44 bits per heavy atom. The summed E-state index contributed by atoms with van der Waals surface area (Å²) in [7, 11) is 0. The number of hydrogen-bond donors (Lipinski definition) is 3. The van der Waals surface area contributed by atoms with Crippen LogP contribution in [0.1, 0.15) is 28.7 Å². The van der Waals surface area contributed by atoms with E-state index in [0.717, 1.165) is 74.0 Å². The minimum absolute atomic E-state index is 0.826. The molecule has 1 aliphatic carbocycles. The van der Waals surface area contributed by atoms with Gasteiger partial charge < -0.3 is 15.4 Å². The number of hydrogen-bond acceptors (Lipinski definition) is 9. The molecule has 1 fully saturated rings. The van der Waals surface area contributed by atoms with E-state index in [0.29, 0.717) is 0 Å². The van der Waals surface area contributed by atoms with E-state index in [2.05, 4.69) is 65.9 Å². The van der Waals surface area contributed by atoms with Crippen molar-refractivity contribution in [2.75, 3.05) is 44.2 Å². The molecule has 0 radical (unpaired) electrons. The molecule has 2 aliphatic rings. The summed E-state index contributed by atoms with van der Waals surface area (Å²) in [6.45, 7) is 9.63. The fourth-order valence-corrected chi connectivity index (χ4v) is 4.87. The maximum absolute atomic E-state index is 6.50. The van der Waals surface area contributed by atoms with Crippen LogP contribution in [0.5, 0.6) is 0 Å². The van der Waals surface area contributed by atoms with Crippen molar-refractivity contribution in [1.82, 2.24) is 25.2 Å². The average Bonchev–Trinajstić information content (AvgIpc) is 3.43. The van der Waals surface area contributed by atoms with Gasteiger partial charge >= 0.3 is 0 Å². The lowest BCUT2D eigenvalue weighted by atomic mass is 10.0. The highest BCUT2D eigenvalue weighted by Crippen LogP contribution is 2.30. The molecule has 3 heterocycles. The highest BCUT2D eigenvalue weighted by molar-refractivity contribution is 5.90. The Bertz CT molecular complexity index is 1140. The second kappa shape index (κ2) is 12.9. The van der Waals surface area contributed by atoms with E-state index in [9.17, 15) is 0 Å². The van der Waals surface area contributed by atoms with E-state index in [-0.39, 0.29) is 0 Å². The second-order valence-corrected chi connectivity index (χ2v) is 8.77. The van der Waals surface area contributed by atoms with Gasteiger partial charge in [-0.3, -0.25) is 19.9 Å². The number of nitrogens with one attached hydrogen (secondary N) is 1. The molecule has 2 aromatic heterocycles. The molecule has 0 atom stereocenters. The van der Waals surface area contributed by atoms with Gasteiger partial charge in [-0.1, -0.05) is 12.1 Å². The van der Waals surface area contributed by atoms with Gasteiger partial charge in [-0.25, -0.2) is 10.9 Å². The maximum atomic E-state index is 6.50. The number of nitrogens with two attached hydrogens (primary N) is 1. The van der Waals surface area contributed by atoms with Crippen LogP contribution < -0.4 is 16.1 Å². The maximum Gasteiger partial charge on any atom is 0.147 e. The lowest BCUT2D eigenvalue weighted by Crippen LogP contribution is -2.48. The van der Waals surface area contributed by atoms with E-state index in [1.54, 1.807) is 12.4 Å². The second-order valence-electron chi connectivity index (χ2n) is 8.77. The topological polar surface area (TPSA) is 116 Å². The Labute approximate surface area is 212 Å². The van der Waals surface area contributed by atoms with Gasteiger partial charge in [-0.05, 0) is 55.3 Å². The molecule has 1 aliphatic heterocycles. The lowest BCUT2D eigenvalue weighted by molar-refractivity contribution is 0.260. The molecule has 0 spiro atoms. The first-order valence-corrected chi connectivity index (χ1v) is 12.3. The van der Waals surface area contributed by atoms with E-state index in [1.165, 1.54) is 24.0 Å². The van der Waals surface area contributed by atoms with Gasteiger partial charge in [0, 0.05) is 75.2 Å². The number of piperazine rings is 1. The summed E-state index contributed by atoms with van der Waals surface area (Å²) in [5.74, 6) is 4.46. The Morgan fingerprint density at radius 1 is 0.944 bits per heavy atom. The van der Waals surface area contributed by atoms with Crippen LogP contribution in [0.2, 0.25) is 0 Å². The molecule has 9 heteroatoms. The molecule has 0 amide bonds. The van der Waals surface area contributed by atoms with Crippen molar-refractivity contribution in [3.63, 3.8) is 0 Å². The minimum atomic E-state index is 0.826. The Kier molecular flexibility index (Phi) is 9.09. The summed E-state index contributed by atoms with van der Waals surface area (Å²) >= 11 is 0. The third-order valence-electron chi connectivity index (χ3n) is 6.71. The van der Waals surface area contributed by atoms with E-state index >= 15 is 0 Å². The van der Waals surface area contributed by atoms with Crippen molar-refractivity contribution < 1.29 is 5.21 Å². The summed E-state index contributed by atoms with van der Waals surface area (Å²) in [6, 6.07) is 10.8. The van der Waals surface area contributed by atoms with Crippen LogP contribution in [-0.2, 0) is 12.8 Å². The fraction of sp³-hybridized carbons (Fsp3) is 0.333. The quantitative estimate of drug-likeness (QED) is 0.329.